The molecule has 0 fully saturated rings. The molecule has 0 aliphatic heterocycles. The second-order valence-corrected chi connectivity index (χ2v) is 10.4. The summed E-state index contributed by atoms with van der Waals surface area (Å²) in [5.41, 5.74) is 8.09. The largest absolute Gasteiger partial charge is 0.341 e. The first-order valence-electron chi connectivity index (χ1n) is 13.1. The SMILES string of the molecule is CCn1c2ccccc2c2cc(/C=N/NC(=O)CSc3nc4ccccc4c(=O)n3-c3ccc(C)cc3)ccc21. The number of nitrogens with one attached hydrogen (secondary N) is 1. The topological polar surface area (TPSA) is 81.3 Å². The Kier molecular flexibility index (Phi) is 6.92. The highest BCUT2D eigenvalue weighted by molar-refractivity contribution is 7.99. The number of hydrogen-bond donors (Lipinski definition) is 1. The summed E-state index contributed by atoms with van der Waals surface area (Å²) >= 11 is 1.20. The van der Waals surface area contributed by atoms with Gasteiger partial charge in [-0.05, 0) is 61.9 Å². The number of fused-ring (bicyclic) bond motifs is 4. The van der Waals surface area contributed by atoms with Crippen LogP contribution >= 0.6 is 11.8 Å². The van der Waals surface area contributed by atoms with Crippen LogP contribution in [-0.2, 0) is 11.3 Å². The number of aryl methyl sites for hydroxylation is 2. The van der Waals surface area contributed by atoms with Crippen LogP contribution < -0.4 is 11.0 Å². The van der Waals surface area contributed by atoms with Crippen molar-refractivity contribution < 1.29 is 4.79 Å². The molecule has 7 nitrogen and oxygen atoms in total. The van der Waals surface area contributed by atoms with Crippen molar-refractivity contribution in [3.8, 4) is 5.69 Å². The molecule has 0 bridgehead atoms. The van der Waals surface area contributed by atoms with Crippen LogP contribution in [0.4, 0.5) is 0 Å². The van der Waals surface area contributed by atoms with Gasteiger partial charge in [0, 0.05) is 28.4 Å². The molecule has 1 amide bonds. The quantitative estimate of drug-likeness (QED) is 0.114. The first-order valence-corrected chi connectivity index (χ1v) is 14.1. The molecule has 0 unspecified atom stereocenters. The molecule has 0 aliphatic rings. The van der Waals surface area contributed by atoms with Crippen molar-refractivity contribution in [1.29, 1.82) is 0 Å². The van der Waals surface area contributed by atoms with Crippen LogP contribution in [0.25, 0.3) is 38.4 Å². The van der Waals surface area contributed by atoms with Gasteiger partial charge in [-0.3, -0.25) is 14.2 Å². The minimum absolute atomic E-state index is 0.0526. The lowest BCUT2D eigenvalue weighted by Gasteiger charge is -2.13. The molecule has 0 saturated heterocycles. The van der Waals surface area contributed by atoms with Crippen LogP contribution in [0.3, 0.4) is 0 Å². The van der Waals surface area contributed by atoms with E-state index in [2.05, 4.69) is 52.3 Å². The summed E-state index contributed by atoms with van der Waals surface area (Å²) in [7, 11) is 0. The average Bonchev–Trinajstić information content (AvgIpc) is 3.30. The van der Waals surface area contributed by atoms with Gasteiger partial charge in [-0.15, -0.1) is 0 Å². The highest BCUT2D eigenvalue weighted by Gasteiger charge is 2.15. The van der Waals surface area contributed by atoms with Gasteiger partial charge in [0.15, 0.2) is 5.16 Å². The third-order valence-electron chi connectivity index (χ3n) is 6.88. The van der Waals surface area contributed by atoms with Crippen LogP contribution in [-0.4, -0.2) is 32.0 Å². The maximum absolute atomic E-state index is 13.4. The highest BCUT2D eigenvalue weighted by Crippen LogP contribution is 2.29. The maximum Gasteiger partial charge on any atom is 0.266 e. The summed E-state index contributed by atoms with van der Waals surface area (Å²) in [5.74, 6) is -0.237. The zero-order valence-corrected chi connectivity index (χ0v) is 23.0. The Morgan fingerprint density at radius 2 is 1.65 bits per heavy atom. The van der Waals surface area contributed by atoms with Crippen LogP contribution in [0.15, 0.2) is 106 Å². The molecule has 1 N–H and O–H groups in total. The van der Waals surface area contributed by atoms with E-state index in [9.17, 15) is 9.59 Å². The van der Waals surface area contributed by atoms with E-state index in [0.717, 1.165) is 23.1 Å². The molecule has 0 radical (unpaired) electrons. The Morgan fingerprint density at radius 1 is 0.925 bits per heavy atom. The number of aromatic nitrogens is 3. The van der Waals surface area contributed by atoms with Gasteiger partial charge in [0.25, 0.3) is 11.5 Å². The highest BCUT2D eigenvalue weighted by atomic mass is 32.2. The number of rotatable bonds is 7. The number of amides is 1. The predicted molar refractivity (Wildman–Crippen MR) is 164 cm³/mol. The smallest absolute Gasteiger partial charge is 0.266 e. The number of thioether (sulfide) groups is 1. The minimum atomic E-state index is -0.289. The van der Waals surface area contributed by atoms with E-state index in [1.165, 1.54) is 28.2 Å². The van der Waals surface area contributed by atoms with E-state index in [1.807, 2.05) is 55.5 Å². The van der Waals surface area contributed by atoms with E-state index in [-0.39, 0.29) is 17.2 Å². The molecule has 8 heteroatoms. The van der Waals surface area contributed by atoms with Crippen LogP contribution in [0.1, 0.15) is 18.1 Å². The Morgan fingerprint density at radius 3 is 2.45 bits per heavy atom. The summed E-state index contributed by atoms with van der Waals surface area (Å²) < 4.78 is 3.85. The van der Waals surface area contributed by atoms with Gasteiger partial charge < -0.3 is 4.57 Å². The van der Waals surface area contributed by atoms with E-state index in [4.69, 9.17) is 4.98 Å². The van der Waals surface area contributed by atoms with Crippen molar-refractivity contribution in [2.45, 2.75) is 25.5 Å². The Hall–Kier alpha value is -4.69. The maximum atomic E-state index is 13.4. The van der Waals surface area contributed by atoms with Crippen molar-refractivity contribution in [3.63, 3.8) is 0 Å². The summed E-state index contributed by atoms with van der Waals surface area (Å²) in [5, 5.41) is 7.51. The van der Waals surface area contributed by atoms with Gasteiger partial charge in [-0.25, -0.2) is 10.4 Å². The zero-order chi connectivity index (χ0) is 27.6. The fourth-order valence-electron chi connectivity index (χ4n) is 4.96. The van der Waals surface area contributed by atoms with Crippen LogP contribution in [0.2, 0.25) is 0 Å². The molecular formula is C32H27N5O2S. The second-order valence-electron chi connectivity index (χ2n) is 9.51. The number of carbonyl (C=O) groups is 1. The molecule has 40 heavy (non-hydrogen) atoms. The fourth-order valence-corrected chi connectivity index (χ4v) is 5.77. The van der Waals surface area contributed by atoms with Gasteiger partial charge in [0.1, 0.15) is 0 Å². The number of carbonyl (C=O) groups excluding carboxylic acids is 1. The minimum Gasteiger partial charge on any atom is -0.341 e. The summed E-state index contributed by atoms with van der Waals surface area (Å²) in [4.78, 5) is 30.8. The number of hydrazone groups is 1. The fraction of sp³-hybridized carbons (Fsp3) is 0.125. The van der Waals surface area contributed by atoms with Crippen molar-refractivity contribution in [1.82, 2.24) is 19.5 Å². The first-order chi connectivity index (χ1) is 19.5. The molecule has 0 aliphatic carbocycles. The molecular weight excluding hydrogens is 518 g/mol. The molecule has 2 heterocycles. The third-order valence-corrected chi connectivity index (χ3v) is 7.82. The number of para-hydroxylation sites is 2. The lowest BCUT2D eigenvalue weighted by atomic mass is 10.1. The van der Waals surface area contributed by atoms with E-state index in [1.54, 1.807) is 22.9 Å². The van der Waals surface area contributed by atoms with Gasteiger partial charge in [0.05, 0.1) is 28.6 Å². The molecule has 6 aromatic rings. The molecule has 0 spiro atoms. The van der Waals surface area contributed by atoms with Crippen molar-refractivity contribution >= 4 is 56.6 Å². The van der Waals surface area contributed by atoms with Gasteiger partial charge >= 0.3 is 0 Å². The van der Waals surface area contributed by atoms with Gasteiger partial charge in [-0.2, -0.15) is 5.10 Å². The molecule has 2 aromatic heterocycles. The zero-order valence-electron chi connectivity index (χ0n) is 22.2. The lowest BCUT2D eigenvalue weighted by Crippen LogP contribution is -2.24. The van der Waals surface area contributed by atoms with Crippen molar-refractivity contribution in [2.75, 3.05) is 5.75 Å². The van der Waals surface area contributed by atoms with E-state index < -0.39 is 0 Å². The monoisotopic (exact) mass is 545 g/mol. The average molecular weight is 546 g/mol. The Bertz CT molecular complexity index is 1970. The first kappa shape index (κ1) is 25.6. The molecule has 6 rings (SSSR count). The van der Waals surface area contributed by atoms with E-state index in [0.29, 0.717) is 21.7 Å². The van der Waals surface area contributed by atoms with Crippen molar-refractivity contribution in [3.05, 3.63) is 112 Å². The molecule has 0 saturated carbocycles. The summed E-state index contributed by atoms with van der Waals surface area (Å²) in [6.07, 6.45) is 1.65. The second kappa shape index (κ2) is 10.8. The molecule has 4 aromatic carbocycles. The number of hydrogen-bond acceptors (Lipinski definition) is 5. The van der Waals surface area contributed by atoms with E-state index >= 15 is 0 Å². The lowest BCUT2D eigenvalue weighted by molar-refractivity contribution is -0.118. The summed E-state index contributed by atoms with van der Waals surface area (Å²) in [6.45, 7) is 5.02. The molecule has 0 atom stereocenters. The summed E-state index contributed by atoms with van der Waals surface area (Å²) in [6, 6.07) is 29.4. The van der Waals surface area contributed by atoms with Crippen molar-refractivity contribution in [2.24, 2.45) is 5.10 Å². The third kappa shape index (κ3) is 4.78. The van der Waals surface area contributed by atoms with Gasteiger partial charge in [-0.1, -0.05) is 65.9 Å². The Labute approximate surface area is 235 Å². The number of nitrogens with zero attached hydrogens (tertiary/aromatic N) is 4. The Balaban J connectivity index is 1.21. The normalized spacial score (nSPS) is 11.7. The van der Waals surface area contributed by atoms with Gasteiger partial charge in [0.2, 0.25) is 0 Å². The molecule has 198 valence electrons. The predicted octanol–water partition coefficient (Wildman–Crippen LogP) is 6.06. The van der Waals surface area contributed by atoms with Crippen LogP contribution in [0.5, 0.6) is 0 Å². The number of benzene rings is 4. The standard InChI is InChI=1S/C32H27N5O2S/c1-3-36-28-11-7-5-8-24(28)26-18-22(14-17-29(26)36)19-33-35-30(38)20-40-32-34-27-10-6-4-9-25(27)31(39)37(32)23-15-12-21(2)13-16-23/h4-19H,3,20H2,1-2H3,(H,35,38)/b33-19+. The van der Waals surface area contributed by atoms with Crippen LogP contribution in [0, 0.1) is 6.92 Å².